The summed E-state index contributed by atoms with van der Waals surface area (Å²) >= 11 is 0. The Kier molecular flexibility index (Phi) is 10.1. The van der Waals surface area contributed by atoms with Gasteiger partial charge in [-0.2, -0.15) is 0 Å². The van der Waals surface area contributed by atoms with Gasteiger partial charge in [-0.3, -0.25) is 4.52 Å². The second kappa shape index (κ2) is 13.5. The van der Waals surface area contributed by atoms with Gasteiger partial charge in [-0.25, -0.2) is 4.52 Å². The molecule has 0 saturated carbocycles. The molecule has 4 rings (SSSR count). The molecule has 1 heterocycles. The summed E-state index contributed by atoms with van der Waals surface area (Å²) in [6.45, 7) is 3.99. The minimum Gasteiger partial charge on any atom is -0.374 e. The number of aliphatic hydroxyl groups excluding tert-OH is 1. The molecule has 3 aromatic carbocycles. The first-order valence-electron chi connectivity index (χ1n) is 11.9. The van der Waals surface area contributed by atoms with Gasteiger partial charge in [0.05, 0.1) is 33.0 Å². The number of ether oxygens (including phenoxy) is 3. The van der Waals surface area contributed by atoms with Crippen LogP contribution in [0.2, 0.25) is 0 Å². The van der Waals surface area contributed by atoms with Crippen LogP contribution in [0, 0.1) is 0 Å². The van der Waals surface area contributed by atoms with Crippen LogP contribution in [0.1, 0.15) is 23.6 Å². The van der Waals surface area contributed by atoms with E-state index in [9.17, 15) is 5.11 Å². The maximum Gasteiger partial charge on any atom is 0.204 e. The molecule has 192 valence electrons. The molecule has 0 radical (unpaired) electrons. The number of benzene rings is 3. The fourth-order valence-corrected chi connectivity index (χ4v) is 5.44. The van der Waals surface area contributed by atoms with Crippen molar-refractivity contribution >= 4 is 15.2 Å². The summed E-state index contributed by atoms with van der Waals surface area (Å²) in [5, 5.41) is 11.5. The van der Waals surface area contributed by atoms with Gasteiger partial charge in [-0.15, -0.1) is 0 Å². The summed E-state index contributed by atoms with van der Waals surface area (Å²) in [4.78, 5) is 0. The molecule has 1 fully saturated rings. The molecule has 6 nitrogen and oxygen atoms in total. The first-order valence-corrected chi connectivity index (χ1v) is 13.2. The molecule has 1 N–H and O–H groups in total. The van der Waals surface area contributed by atoms with Crippen molar-refractivity contribution in [3.05, 3.63) is 108 Å². The van der Waals surface area contributed by atoms with Gasteiger partial charge in [0.2, 0.25) is 5.85 Å². The van der Waals surface area contributed by atoms with Gasteiger partial charge in [-0.05, 0) is 23.6 Å². The highest BCUT2D eigenvalue weighted by molar-refractivity contribution is 7.90. The summed E-state index contributed by atoms with van der Waals surface area (Å²) in [6, 6.07) is 30.1. The van der Waals surface area contributed by atoms with Crippen molar-refractivity contribution in [1.29, 1.82) is 0 Å². The molecule has 1 aliphatic rings. The Morgan fingerprint density at radius 1 is 0.750 bits per heavy atom. The molecule has 1 unspecified atom stereocenters. The van der Waals surface area contributed by atoms with Crippen LogP contribution < -0.4 is 0 Å². The first-order chi connectivity index (χ1) is 17.6. The van der Waals surface area contributed by atoms with Crippen LogP contribution in [-0.4, -0.2) is 50.0 Å². The number of hydrogen-bond donors (Lipinski definition) is 1. The van der Waals surface area contributed by atoms with E-state index in [0.717, 1.165) is 16.7 Å². The van der Waals surface area contributed by atoms with Crippen LogP contribution >= 0.6 is 7.59 Å². The number of rotatable bonds is 12. The van der Waals surface area contributed by atoms with Crippen molar-refractivity contribution in [1.82, 2.24) is 0 Å². The Hall–Kier alpha value is -2.09. The van der Waals surface area contributed by atoms with Crippen LogP contribution in [0.15, 0.2) is 91.0 Å². The summed E-state index contributed by atoms with van der Waals surface area (Å²) in [5.74, 6) is -0.840. The minimum atomic E-state index is -2.41. The van der Waals surface area contributed by atoms with Gasteiger partial charge in [-0.1, -0.05) is 91.0 Å². The van der Waals surface area contributed by atoms with E-state index in [1.165, 1.54) is 0 Å². The third-order valence-electron chi connectivity index (χ3n) is 5.66. The summed E-state index contributed by atoms with van der Waals surface area (Å²) in [6.07, 6.45) is -1.49. The van der Waals surface area contributed by atoms with Crippen molar-refractivity contribution in [2.24, 2.45) is 0 Å². The first kappa shape index (κ1) is 27.0. The molecule has 8 heteroatoms. The summed E-state index contributed by atoms with van der Waals surface area (Å²) in [5.41, 5.74) is 3.18. The van der Waals surface area contributed by atoms with Gasteiger partial charge < -0.3 is 19.3 Å². The third kappa shape index (κ3) is 7.24. The highest BCUT2D eigenvalue weighted by Gasteiger charge is 2.56. The third-order valence-corrected chi connectivity index (χ3v) is 7.38. The SMILES string of the molecule is [BH3-][P+]1(OCC)O[C@H](COCc2ccccc2)[C@@H](OCc2ccccc2)[C@H](OCc2ccccc2)[C@H]1O. The van der Waals surface area contributed by atoms with Crippen LogP contribution in [0.4, 0.5) is 0 Å². The zero-order valence-electron chi connectivity index (χ0n) is 19.9. The predicted octanol–water partition coefficient (Wildman–Crippen LogP) is 4.26. The number of aliphatic hydroxyl groups is 1. The van der Waals surface area contributed by atoms with Gasteiger partial charge in [0.1, 0.15) is 19.8 Å². The molecule has 0 aliphatic carbocycles. The average molecular weight is 510 g/mol. The van der Waals surface area contributed by atoms with Gasteiger partial charge in [0, 0.05) is 0 Å². The molecule has 36 heavy (non-hydrogen) atoms. The lowest BCUT2D eigenvalue weighted by Gasteiger charge is -2.46. The second-order valence-corrected chi connectivity index (χ2v) is 9.85. The Balaban J connectivity index is 1.54. The van der Waals surface area contributed by atoms with Crippen molar-refractivity contribution in [2.45, 2.75) is 50.9 Å². The smallest absolute Gasteiger partial charge is 0.204 e. The monoisotopic (exact) mass is 510 g/mol. The van der Waals surface area contributed by atoms with E-state index in [4.69, 9.17) is 23.3 Å². The highest BCUT2D eigenvalue weighted by atomic mass is 31.2. The standard InChI is InChI=1S/C28H36BO6P/c1-2-34-36(29)28(30)27(33-20-24-16-10-5-11-17-24)26(32-19-23-14-8-4-9-15-23)25(35-36)21-31-18-22-12-6-3-7-13-22/h3-17,25-28,30H,2,18-21H2,1,29H3/t25-,26-,27+,28+,36?/m1/s1. The molecular formula is C28H36BO6P. The summed E-state index contributed by atoms with van der Waals surface area (Å²) < 4.78 is 31.6. The lowest BCUT2D eigenvalue weighted by molar-refractivity contribution is -0.177. The van der Waals surface area contributed by atoms with Crippen LogP contribution in [-0.2, 0) is 43.1 Å². The van der Waals surface area contributed by atoms with Crippen LogP contribution in [0.3, 0.4) is 0 Å². The van der Waals surface area contributed by atoms with E-state index >= 15 is 0 Å². The topological polar surface area (TPSA) is 66.4 Å². The van der Waals surface area contributed by atoms with E-state index in [1.54, 1.807) is 0 Å². The zero-order valence-corrected chi connectivity index (χ0v) is 20.8. The van der Waals surface area contributed by atoms with E-state index in [2.05, 4.69) is 0 Å². The molecule has 1 aliphatic heterocycles. The van der Waals surface area contributed by atoms with E-state index in [1.807, 2.05) is 97.9 Å². The van der Waals surface area contributed by atoms with Crippen LogP contribution in [0.5, 0.6) is 0 Å². The lowest BCUT2D eigenvalue weighted by atomic mass is 10.1. The quantitative estimate of drug-likeness (QED) is 0.290. The Morgan fingerprint density at radius 2 is 1.22 bits per heavy atom. The molecule has 0 aromatic heterocycles. The predicted molar refractivity (Wildman–Crippen MR) is 146 cm³/mol. The fourth-order valence-electron chi connectivity index (χ4n) is 3.90. The number of hydrogen-bond acceptors (Lipinski definition) is 6. The molecule has 0 bridgehead atoms. The molecule has 5 atom stereocenters. The van der Waals surface area contributed by atoms with Gasteiger partial charge in [0.25, 0.3) is 0 Å². The Morgan fingerprint density at radius 3 is 1.72 bits per heavy atom. The minimum absolute atomic E-state index is 0.327. The molecule has 0 spiro atoms. The largest absolute Gasteiger partial charge is 0.374 e. The maximum absolute atomic E-state index is 11.5. The normalized spacial score (nSPS) is 26.1. The molecule has 1 saturated heterocycles. The van der Waals surface area contributed by atoms with Crippen molar-refractivity contribution in [3.63, 3.8) is 0 Å². The van der Waals surface area contributed by atoms with Crippen molar-refractivity contribution in [3.8, 4) is 0 Å². The zero-order chi connectivity index (χ0) is 25.2. The van der Waals surface area contributed by atoms with Crippen molar-refractivity contribution in [2.75, 3.05) is 13.2 Å². The van der Waals surface area contributed by atoms with E-state index in [-0.39, 0.29) is 0 Å². The maximum atomic E-state index is 11.5. The van der Waals surface area contributed by atoms with Gasteiger partial charge in [0.15, 0.2) is 13.7 Å². The fraction of sp³-hybridized carbons (Fsp3) is 0.357. The van der Waals surface area contributed by atoms with Crippen molar-refractivity contribution < 1.29 is 28.4 Å². The molecule has 0 amide bonds. The highest BCUT2D eigenvalue weighted by Crippen LogP contribution is 2.65. The van der Waals surface area contributed by atoms with E-state index in [0.29, 0.717) is 33.0 Å². The van der Waals surface area contributed by atoms with Gasteiger partial charge >= 0.3 is 0 Å². The molecular weight excluding hydrogens is 474 g/mol. The average Bonchev–Trinajstić information content (AvgIpc) is 2.91. The molecule has 3 aromatic rings. The Labute approximate surface area is 215 Å². The summed E-state index contributed by atoms with van der Waals surface area (Å²) in [7, 11) is -2.89. The lowest BCUT2D eigenvalue weighted by Crippen LogP contribution is -2.55. The van der Waals surface area contributed by atoms with E-state index < -0.39 is 39.3 Å². The van der Waals surface area contributed by atoms with Crippen LogP contribution in [0.25, 0.3) is 0 Å². The second-order valence-electron chi connectivity index (χ2n) is 8.28. The Bertz CT molecular complexity index is 1030.